The normalized spacial score (nSPS) is 13.6. The van der Waals surface area contributed by atoms with Crippen LogP contribution in [0.5, 0.6) is 5.75 Å². The molecule has 2 amide bonds. The maximum Gasteiger partial charge on any atom is 0.266 e. The number of hydrogen-bond acceptors (Lipinski definition) is 5. The van der Waals surface area contributed by atoms with Crippen LogP contribution in [0.3, 0.4) is 0 Å². The zero-order valence-corrected chi connectivity index (χ0v) is 22.9. The Labute approximate surface area is 245 Å². The predicted molar refractivity (Wildman–Crippen MR) is 162 cm³/mol. The molecule has 0 spiro atoms. The number of nitrogens with one attached hydrogen (secondary N) is 3. The molecule has 1 aliphatic rings. The molecular weight excluding hydrogens is 550 g/mol. The number of carbonyl (C=O) groups excluding carboxylic acids is 2. The molecule has 6 rings (SSSR count). The van der Waals surface area contributed by atoms with Gasteiger partial charge in [0, 0.05) is 59.0 Å². The highest BCUT2D eigenvalue weighted by atomic mass is 16.7. The van der Waals surface area contributed by atoms with Crippen molar-refractivity contribution in [2.45, 2.75) is 19.6 Å². The highest BCUT2D eigenvalue weighted by molar-refractivity contribution is 6.50. The van der Waals surface area contributed by atoms with E-state index in [-0.39, 0.29) is 11.5 Å². The van der Waals surface area contributed by atoms with Crippen LogP contribution < -0.4 is 21.1 Å². The molecule has 1 aliphatic heterocycles. The van der Waals surface area contributed by atoms with E-state index in [1.165, 1.54) is 0 Å². The van der Waals surface area contributed by atoms with Gasteiger partial charge in [0.05, 0.1) is 16.7 Å². The first kappa shape index (κ1) is 27.3. The predicted octanol–water partition coefficient (Wildman–Crippen LogP) is 3.75. The number of aromatic amines is 1. The summed E-state index contributed by atoms with van der Waals surface area (Å²) in [6.07, 6.45) is 4.13. The summed E-state index contributed by atoms with van der Waals surface area (Å²) in [4.78, 5) is 40.2. The fourth-order valence-electron chi connectivity index (χ4n) is 5.32. The van der Waals surface area contributed by atoms with E-state index in [0.29, 0.717) is 48.6 Å². The molecular formula is C31H27N7O5. The lowest BCUT2D eigenvalue weighted by atomic mass is 9.95. The highest BCUT2D eigenvalue weighted by Gasteiger charge is 2.35. The standard InChI is InChI=1S/C31H27N7O5/c32-31(36-38(41)42)33-13-6-14-37-17-24(22-12-11-20(15-26(22)37)43-18-19-7-2-1-3-8-19)28-27(29(39)35-30(28)40)23-16-34-25-10-5-4-9-21(23)25/h1-5,7-12,15-17,34H,6,13-14,18H2,(H3,32,33,36)(H,35,39,40). The van der Waals surface area contributed by atoms with Crippen LogP contribution in [0.25, 0.3) is 33.0 Å². The Morgan fingerprint density at radius 2 is 1.72 bits per heavy atom. The number of ether oxygens (including phenoxy) is 1. The molecule has 5 aromatic rings. The molecule has 2 aromatic heterocycles. The molecule has 0 saturated heterocycles. The van der Waals surface area contributed by atoms with Crippen molar-refractivity contribution >= 4 is 50.7 Å². The Hall–Kier alpha value is -5.91. The second-order valence-corrected chi connectivity index (χ2v) is 9.97. The van der Waals surface area contributed by atoms with Gasteiger partial charge in [-0.25, -0.2) is 10.1 Å². The molecule has 12 nitrogen and oxygen atoms in total. The molecule has 0 saturated carbocycles. The van der Waals surface area contributed by atoms with Gasteiger partial charge < -0.3 is 25.3 Å². The third kappa shape index (κ3) is 5.53. The number of nitrogens with zero attached hydrogens (tertiary/aromatic N) is 3. The van der Waals surface area contributed by atoms with E-state index in [1.807, 2.05) is 83.6 Å². The first-order valence-corrected chi connectivity index (χ1v) is 13.6. The number of guanidine groups is 1. The lowest BCUT2D eigenvalue weighted by molar-refractivity contribution is -0.485. The lowest BCUT2D eigenvalue weighted by Crippen LogP contribution is -2.33. The van der Waals surface area contributed by atoms with Gasteiger partial charge in [0.25, 0.3) is 17.8 Å². The minimum absolute atomic E-state index is 0.283. The average Bonchev–Trinajstić information content (AvgIpc) is 3.66. The van der Waals surface area contributed by atoms with Crippen LogP contribution in [0.2, 0.25) is 0 Å². The zero-order valence-electron chi connectivity index (χ0n) is 22.9. The van der Waals surface area contributed by atoms with Crippen LogP contribution in [0.15, 0.2) is 90.3 Å². The van der Waals surface area contributed by atoms with Crippen LogP contribution in [0, 0.1) is 10.1 Å². The number of fused-ring (bicyclic) bond motifs is 2. The van der Waals surface area contributed by atoms with E-state index in [9.17, 15) is 19.7 Å². The number of rotatable bonds is 10. The van der Waals surface area contributed by atoms with E-state index in [4.69, 9.17) is 10.5 Å². The monoisotopic (exact) mass is 577 g/mol. The fourth-order valence-corrected chi connectivity index (χ4v) is 5.32. The van der Waals surface area contributed by atoms with Crippen LogP contribution in [0.1, 0.15) is 23.1 Å². The molecule has 0 bridgehead atoms. The van der Waals surface area contributed by atoms with E-state index < -0.39 is 16.8 Å². The molecule has 0 atom stereocenters. The van der Waals surface area contributed by atoms with Crippen molar-refractivity contribution in [2.75, 3.05) is 6.54 Å². The van der Waals surface area contributed by atoms with Gasteiger partial charge in [-0.15, -0.1) is 0 Å². The first-order chi connectivity index (χ1) is 20.9. The van der Waals surface area contributed by atoms with Crippen molar-refractivity contribution in [3.63, 3.8) is 0 Å². The van der Waals surface area contributed by atoms with Gasteiger partial charge in [0.15, 0.2) is 5.03 Å². The summed E-state index contributed by atoms with van der Waals surface area (Å²) < 4.78 is 8.05. The quantitative estimate of drug-likeness (QED) is 0.0489. The maximum absolute atomic E-state index is 13.3. The summed E-state index contributed by atoms with van der Waals surface area (Å²) in [5.41, 5.74) is 10.1. The maximum atomic E-state index is 13.3. The lowest BCUT2D eigenvalue weighted by Gasteiger charge is -2.09. The molecule has 12 heteroatoms. The molecule has 216 valence electrons. The Kier molecular flexibility index (Phi) is 7.31. The summed E-state index contributed by atoms with van der Waals surface area (Å²) in [5.74, 6) is -0.577. The van der Waals surface area contributed by atoms with Gasteiger partial charge in [-0.05, 0) is 30.2 Å². The summed E-state index contributed by atoms with van der Waals surface area (Å²) in [5, 5.41) is 19.6. The minimum Gasteiger partial charge on any atom is -0.489 e. The first-order valence-electron chi connectivity index (χ1n) is 13.6. The number of hydrazone groups is 1. The summed E-state index contributed by atoms with van der Waals surface area (Å²) in [7, 11) is 0. The van der Waals surface area contributed by atoms with E-state index in [1.54, 1.807) is 6.20 Å². The third-order valence-electron chi connectivity index (χ3n) is 7.23. The second-order valence-electron chi connectivity index (χ2n) is 9.97. The van der Waals surface area contributed by atoms with E-state index in [2.05, 4.69) is 20.7 Å². The van der Waals surface area contributed by atoms with Crippen LogP contribution in [-0.4, -0.2) is 38.9 Å². The Bertz CT molecular complexity index is 1940. The number of nitro groups is 1. The number of hydrogen-bond donors (Lipinski definition) is 4. The molecule has 43 heavy (non-hydrogen) atoms. The van der Waals surface area contributed by atoms with Gasteiger partial charge >= 0.3 is 0 Å². The third-order valence-corrected chi connectivity index (χ3v) is 7.23. The van der Waals surface area contributed by atoms with Gasteiger partial charge in [-0.1, -0.05) is 48.5 Å². The molecule has 0 radical (unpaired) electrons. The molecule has 3 heterocycles. The molecule has 0 fully saturated rings. The van der Waals surface area contributed by atoms with Crippen molar-refractivity contribution in [3.8, 4) is 5.75 Å². The molecule has 0 aliphatic carbocycles. The topological polar surface area (TPSA) is 170 Å². The van der Waals surface area contributed by atoms with Gasteiger partial charge in [0.1, 0.15) is 17.5 Å². The summed E-state index contributed by atoms with van der Waals surface area (Å²) in [6.45, 7) is 1.18. The van der Waals surface area contributed by atoms with Crippen LogP contribution in [-0.2, 0) is 22.7 Å². The van der Waals surface area contributed by atoms with Crippen molar-refractivity contribution in [3.05, 3.63) is 112 Å². The number of carbonyl (C=O) groups is 2. The number of H-pyrrole nitrogens is 1. The fraction of sp³-hybridized carbons (Fsp3) is 0.129. The van der Waals surface area contributed by atoms with Crippen LogP contribution >= 0.6 is 0 Å². The Balaban J connectivity index is 1.40. The number of aromatic nitrogens is 2. The van der Waals surface area contributed by atoms with Gasteiger partial charge in [0.2, 0.25) is 0 Å². The van der Waals surface area contributed by atoms with Gasteiger partial charge in [-0.2, -0.15) is 0 Å². The Morgan fingerprint density at radius 3 is 2.51 bits per heavy atom. The van der Waals surface area contributed by atoms with Crippen molar-refractivity contribution in [1.29, 1.82) is 0 Å². The number of nitrogens with two attached hydrogens (primary N) is 1. The Morgan fingerprint density at radius 1 is 0.977 bits per heavy atom. The smallest absolute Gasteiger partial charge is 0.266 e. The number of para-hydroxylation sites is 1. The van der Waals surface area contributed by atoms with E-state index >= 15 is 0 Å². The minimum atomic E-state index is -0.863. The molecule has 5 N–H and O–H groups in total. The van der Waals surface area contributed by atoms with Crippen molar-refractivity contribution in [1.82, 2.24) is 20.2 Å². The van der Waals surface area contributed by atoms with E-state index in [0.717, 1.165) is 27.4 Å². The zero-order chi connectivity index (χ0) is 29.9. The van der Waals surface area contributed by atoms with Crippen molar-refractivity contribution in [2.24, 2.45) is 10.8 Å². The SMILES string of the molecule is NC(=N[N+](=O)[O-])NCCCn1cc(C2=C(c3c[nH]c4ccccc34)C(=O)NC2=O)c2ccc(OCc3ccccc3)cc21. The molecule has 0 unspecified atom stereocenters. The number of benzene rings is 3. The number of aryl methyl sites for hydroxylation is 1. The second kappa shape index (κ2) is 11.5. The largest absolute Gasteiger partial charge is 0.489 e. The van der Waals surface area contributed by atoms with Crippen LogP contribution in [0.4, 0.5) is 0 Å². The summed E-state index contributed by atoms with van der Waals surface area (Å²) >= 11 is 0. The average molecular weight is 578 g/mol. The highest BCUT2D eigenvalue weighted by Crippen LogP contribution is 2.39. The molecule has 3 aromatic carbocycles. The number of amides is 2. The van der Waals surface area contributed by atoms with Crippen molar-refractivity contribution < 1.29 is 19.4 Å². The summed E-state index contributed by atoms with van der Waals surface area (Å²) in [6, 6.07) is 23.0. The number of imide groups is 1. The van der Waals surface area contributed by atoms with Gasteiger partial charge in [-0.3, -0.25) is 14.9 Å².